The van der Waals surface area contributed by atoms with Gasteiger partial charge in [-0.1, -0.05) is 58.4 Å². The molecule has 0 amide bonds. The lowest BCUT2D eigenvalue weighted by atomic mass is 9.79. The highest BCUT2D eigenvalue weighted by Crippen LogP contribution is 2.46. The average Bonchev–Trinajstić information content (AvgIpc) is 3.01. The number of fused-ring (bicyclic) bond motifs is 3. The Hall–Kier alpha value is -1.16. The highest BCUT2D eigenvalue weighted by Gasteiger charge is 2.42. The van der Waals surface area contributed by atoms with E-state index in [0.29, 0.717) is 12.0 Å². The van der Waals surface area contributed by atoms with Crippen molar-refractivity contribution < 1.29 is 5.11 Å². The number of rotatable bonds is 3. The van der Waals surface area contributed by atoms with Crippen molar-refractivity contribution in [3.63, 3.8) is 0 Å². The summed E-state index contributed by atoms with van der Waals surface area (Å²) in [6, 6.07) is 17.7. The Morgan fingerprint density at radius 3 is 2.70 bits per heavy atom. The smallest absolute Gasteiger partial charge is 0.0628 e. The number of aliphatic hydroxyl groups is 1. The molecule has 0 bridgehead atoms. The molecule has 1 N–H and O–H groups in total. The van der Waals surface area contributed by atoms with Gasteiger partial charge in [0.15, 0.2) is 0 Å². The van der Waals surface area contributed by atoms with Gasteiger partial charge in [-0.15, -0.1) is 0 Å². The third-order valence-corrected chi connectivity index (χ3v) is 6.26. The van der Waals surface area contributed by atoms with Gasteiger partial charge in [0.1, 0.15) is 0 Å². The van der Waals surface area contributed by atoms with Crippen LogP contribution in [0, 0.1) is 0 Å². The number of halogens is 1. The van der Waals surface area contributed by atoms with E-state index in [4.69, 9.17) is 0 Å². The summed E-state index contributed by atoms with van der Waals surface area (Å²) in [7, 11) is 0. The summed E-state index contributed by atoms with van der Waals surface area (Å²) in [6.45, 7) is 1.26. The van der Waals surface area contributed by atoms with Crippen LogP contribution in [-0.4, -0.2) is 29.2 Å². The molecule has 1 heterocycles. The fourth-order valence-electron chi connectivity index (χ4n) is 4.56. The summed E-state index contributed by atoms with van der Waals surface area (Å²) >= 11 is 3.77. The van der Waals surface area contributed by atoms with Crippen LogP contribution in [0.15, 0.2) is 53.0 Å². The van der Waals surface area contributed by atoms with Gasteiger partial charge >= 0.3 is 0 Å². The molecule has 0 aromatic heterocycles. The van der Waals surface area contributed by atoms with Crippen molar-refractivity contribution in [1.29, 1.82) is 0 Å². The molecule has 120 valence electrons. The normalized spacial score (nSPS) is 25.0. The number of hydrogen-bond donors (Lipinski definition) is 1. The van der Waals surface area contributed by atoms with Crippen LogP contribution in [0.1, 0.15) is 41.5 Å². The number of aryl methyl sites for hydroxylation is 1. The highest BCUT2D eigenvalue weighted by atomic mass is 79.9. The summed E-state index contributed by atoms with van der Waals surface area (Å²) < 4.78 is 1.26. The van der Waals surface area contributed by atoms with Gasteiger partial charge in [0, 0.05) is 16.4 Å². The van der Waals surface area contributed by atoms with E-state index in [1.807, 2.05) is 6.07 Å². The Balaban J connectivity index is 1.66. The fourth-order valence-corrected chi connectivity index (χ4v) is 5.26. The molecule has 0 unspecified atom stereocenters. The number of nitrogens with zero attached hydrogens (tertiary/aromatic N) is 1. The van der Waals surface area contributed by atoms with E-state index in [9.17, 15) is 5.11 Å². The fraction of sp³-hybridized carbons (Fsp3) is 0.400. The second-order valence-corrected chi connectivity index (χ2v) is 7.52. The zero-order chi connectivity index (χ0) is 15.8. The second-order valence-electron chi connectivity index (χ2n) is 6.66. The topological polar surface area (TPSA) is 23.5 Å². The first-order chi connectivity index (χ1) is 11.3. The Labute approximate surface area is 146 Å². The molecule has 3 atom stereocenters. The van der Waals surface area contributed by atoms with E-state index >= 15 is 0 Å². The van der Waals surface area contributed by atoms with Gasteiger partial charge in [0.2, 0.25) is 0 Å². The van der Waals surface area contributed by atoms with Gasteiger partial charge in [-0.2, -0.15) is 0 Å². The predicted molar refractivity (Wildman–Crippen MR) is 96.6 cm³/mol. The first kappa shape index (κ1) is 15.4. The first-order valence-electron chi connectivity index (χ1n) is 8.48. The minimum absolute atomic E-state index is 0.121. The van der Waals surface area contributed by atoms with Gasteiger partial charge in [-0.05, 0) is 48.6 Å². The number of hydrogen-bond acceptors (Lipinski definition) is 2. The first-order valence-corrected chi connectivity index (χ1v) is 9.27. The van der Waals surface area contributed by atoms with E-state index in [2.05, 4.69) is 63.3 Å². The van der Waals surface area contributed by atoms with Crippen LogP contribution in [0.5, 0.6) is 0 Å². The molecule has 2 aromatic rings. The molecule has 1 aliphatic heterocycles. The molecule has 1 saturated heterocycles. The second kappa shape index (κ2) is 6.39. The summed E-state index contributed by atoms with van der Waals surface area (Å²) in [5, 5.41) is 10.0. The summed E-state index contributed by atoms with van der Waals surface area (Å²) in [5.41, 5.74) is 4.24. The van der Waals surface area contributed by atoms with E-state index in [1.54, 1.807) is 0 Å². The van der Waals surface area contributed by atoms with Crippen LogP contribution < -0.4 is 0 Å². The number of benzene rings is 2. The summed E-state index contributed by atoms with van der Waals surface area (Å²) in [5.74, 6) is 0.590. The Morgan fingerprint density at radius 1 is 1.09 bits per heavy atom. The Morgan fingerprint density at radius 2 is 1.91 bits per heavy atom. The zero-order valence-corrected chi connectivity index (χ0v) is 14.7. The van der Waals surface area contributed by atoms with Crippen LogP contribution in [-0.2, 0) is 6.42 Å². The molecule has 2 aromatic carbocycles. The molecule has 0 spiro atoms. The molecule has 23 heavy (non-hydrogen) atoms. The van der Waals surface area contributed by atoms with Crippen molar-refractivity contribution in [3.8, 4) is 0 Å². The Kier molecular flexibility index (Phi) is 4.27. The predicted octanol–water partition coefficient (Wildman–Crippen LogP) is 4.29. The van der Waals surface area contributed by atoms with E-state index in [0.717, 1.165) is 13.0 Å². The van der Waals surface area contributed by atoms with Gasteiger partial charge in [0.25, 0.3) is 0 Å². The molecule has 2 nitrogen and oxygen atoms in total. The van der Waals surface area contributed by atoms with Crippen LogP contribution in [0.3, 0.4) is 0 Å². The highest BCUT2D eigenvalue weighted by molar-refractivity contribution is 9.10. The van der Waals surface area contributed by atoms with Crippen LogP contribution in [0.25, 0.3) is 0 Å². The molecule has 3 heteroatoms. The molecule has 1 fully saturated rings. The zero-order valence-electron chi connectivity index (χ0n) is 13.2. The SMILES string of the molecule is OC[C@@H](c1ccccc1)N1CC[C@@H]2c3c(Br)cccc3CC[C@@H]21. The minimum atomic E-state index is 0.121. The molecule has 0 saturated carbocycles. The number of likely N-dealkylation sites (tertiary alicyclic amines) is 1. The number of aliphatic hydroxyl groups excluding tert-OH is 1. The molecular formula is C20H22BrNO. The van der Waals surface area contributed by atoms with Gasteiger partial charge < -0.3 is 5.11 Å². The van der Waals surface area contributed by atoms with Crippen LogP contribution >= 0.6 is 15.9 Å². The van der Waals surface area contributed by atoms with Crippen molar-refractivity contribution in [1.82, 2.24) is 4.90 Å². The van der Waals surface area contributed by atoms with Crippen LogP contribution in [0.2, 0.25) is 0 Å². The van der Waals surface area contributed by atoms with E-state index in [-0.39, 0.29) is 12.6 Å². The van der Waals surface area contributed by atoms with Crippen molar-refractivity contribution in [2.45, 2.75) is 37.3 Å². The van der Waals surface area contributed by atoms with E-state index in [1.165, 1.54) is 34.0 Å². The summed E-state index contributed by atoms with van der Waals surface area (Å²) in [6.07, 6.45) is 3.51. The maximum Gasteiger partial charge on any atom is 0.0628 e. The van der Waals surface area contributed by atoms with Gasteiger partial charge in [-0.25, -0.2) is 0 Å². The van der Waals surface area contributed by atoms with Gasteiger partial charge in [0.05, 0.1) is 12.6 Å². The van der Waals surface area contributed by atoms with Gasteiger partial charge in [-0.3, -0.25) is 4.90 Å². The third-order valence-electron chi connectivity index (χ3n) is 5.57. The van der Waals surface area contributed by atoms with Crippen molar-refractivity contribution >= 4 is 15.9 Å². The molecule has 0 radical (unpaired) electrons. The summed E-state index contributed by atoms with van der Waals surface area (Å²) in [4.78, 5) is 2.54. The maximum atomic E-state index is 10.0. The van der Waals surface area contributed by atoms with Crippen molar-refractivity contribution in [2.24, 2.45) is 0 Å². The van der Waals surface area contributed by atoms with Crippen LogP contribution in [0.4, 0.5) is 0 Å². The standard InChI is InChI=1S/C20H22BrNO/c21-17-8-4-7-15-9-10-18-16(20(15)17)11-12-22(18)19(13-23)14-5-2-1-3-6-14/h1-8,16,18-19,23H,9-13H2/t16-,18-,19-/m0/s1. The van der Waals surface area contributed by atoms with Crippen molar-refractivity contribution in [3.05, 3.63) is 69.7 Å². The molecule has 2 aliphatic rings. The average molecular weight is 372 g/mol. The molecular weight excluding hydrogens is 350 g/mol. The monoisotopic (exact) mass is 371 g/mol. The lowest BCUT2D eigenvalue weighted by Crippen LogP contribution is -2.39. The quantitative estimate of drug-likeness (QED) is 0.869. The third kappa shape index (κ3) is 2.65. The minimum Gasteiger partial charge on any atom is -0.394 e. The molecule has 4 rings (SSSR count). The lowest BCUT2D eigenvalue weighted by Gasteiger charge is -2.37. The van der Waals surface area contributed by atoms with Crippen molar-refractivity contribution in [2.75, 3.05) is 13.2 Å². The Bertz CT molecular complexity index is 687. The molecule has 1 aliphatic carbocycles. The largest absolute Gasteiger partial charge is 0.394 e. The maximum absolute atomic E-state index is 10.0. The lowest BCUT2D eigenvalue weighted by molar-refractivity contribution is 0.102. The van der Waals surface area contributed by atoms with E-state index < -0.39 is 0 Å².